The average molecular weight is 304 g/mol. The molecule has 1 aliphatic rings. The number of likely N-dealkylation sites (tertiary alicyclic amines) is 1. The van der Waals surface area contributed by atoms with Crippen LogP contribution in [0.2, 0.25) is 0 Å². The van der Waals surface area contributed by atoms with E-state index in [4.69, 9.17) is 10.8 Å². The standard InChI is InChI=1S/C15H16N2O5/c16-12(18)8-17-7-11(13(19)15(21)22)10(14(17)20)6-9-4-2-1-3-5-9/h1-5,10-11H,6-8H2,(H2,16,18)(H,21,22)/t10-,11+/m1/s1. The average Bonchev–Trinajstić information content (AvgIpc) is 2.76. The van der Waals surface area contributed by atoms with E-state index in [1.54, 1.807) is 24.3 Å². The molecule has 0 aromatic heterocycles. The van der Waals surface area contributed by atoms with Crippen LogP contribution in [0.1, 0.15) is 5.56 Å². The summed E-state index contributed by atoms with van der Waals surface area (Å²) in [4.78, 5) is 47.3. The van der Waals surface area contributed by atoms with E-state index in [-0.39, 0.29) is 19.5 Å². The molecule has 0 saturated carbocycles. The topological polar surface area (TPSA) is 118 Å². The molecule has 1 aromatic carbocycles. The predicted octanol–water partition coefficient (Wildman–Crippen LogP) is -0.557. The van der Waals surface area contributed by atoms with E-state index in [9.17, 15) is 19.2 Å². The summed E-state index contributed by atoms with van der Waals surface area (Å²) >= 11 is 0. The Kier molecular flexibility index (Phi) is 4.55. The Bertz CT molecular complexity index is 614. The van der Waals surface area contributed by atoms with E-state index in [0.29, 0.717) is 0 Å². The first-order valence-corrected chi connectivity index (χ1v) is 6.78. The van der Waals surface area contributed by atoms with Gasteiger partial charge in [0.05, 0.1) is 18.4 Å². The third-order valence-electron chi connectivity index (χ3n) is 3.72. The lowest BCUT2D eigenvalue weighted by atomic mass is 9.86. The van der Waals surface area contributed by atoms with Gasteiger partial charge in [-0.15, -0.1) is 0 Å². The van der Waals surface area contributed by atoms with Gasteiger partial charge in [0.25, 0.3) is 0 Å². The van der Waals surface area contributed by atoms with E-state index >= 15 is 0 Å². The maximum atomic E-state index is 12.4. The number of primary amides is 1. The second kappa shape index (κ2) is 6.38. The Morgan fingerprint density at radius 3 is 2.41 bits per heavy atom. The third-order valence-corrected chi connectivity index (χ3v) is 3.72. The Hall–Kier alpha value is -2.70. The number of carboxylic acids is 1. The van der Waals surface area contributed by atoms with E-state index in [1.807, 2.05) is 6.07 Å². The highest BCUT2D eigenvalue weighted by atomic mass is 16.4. The van der Waals surface area contributed by atoms with Gasteiger partial charge in [-0.25, -0.2) is 4.79 Å². The number of carbonyl (C=O) groups is 4. The van der Waals surface area contributed by atoms with Crippen molar-refractivity contribution in [3.05, 3.63) is 35.9 Å². The first kappa shape index (κ1) is 15.7. The zero-order valence-corrected chi connectivity index (χ0v) is 11.8. The molecular weight excluding hydrogens is 288 g/mol. The van der Waals surface area contributed by atoms with Gasteiger partial charge in [0.15, 0.2) is 0 Å². The number of nitrogens with two attached hydrogens (primary N) is 1. The number of Topliss-reactive ketones (excluding diaryl/α,β-unsaturated/α-hetero) is 1. The quantitative estimate of drug-likeness (QED) is 0.683. The van der Waals surface area contributed by atoms with Crippen molar-refractivity contribution in [1.29, 1.82) is 0 Å². The van der Waals surface area contributed by atoms with Crippen LogP contribution in [0.5, 0.6) is 0 Å². The summed E-state index contributed by atoms with van der Waals surface area (Å²) in [5, 5.41) is 8.91. The lowest BCUT2D eigenvalue weighted by molar-refractivity contribution is -0.151. The fourth-order valence-corrected chi connectivity index (χ4v) is 2.71. The fraction of sp³-hybridized carbons (Fsp3) is 0.333. The molecule has 0 spiro atoms. The second-order valence-corrected chi connectivity index (χ2v) is 5.26. The van der Waals surface area contributed by atoms with Crippen molar-refractivity contribution >= 4 is 23.6 Å². The first-order chi connectivity index (χ1) is 10.4. The Morgan fingerprint density at radius 1 is 1.23 bits per heavy atom. The molecule has 0 radical (unpaired) electrons. The number of amides is 2. The van der Waals surface area contributed by atoms with Gasteiger partial charge in [-0.05, 0) is 12.0 Å². The van der Waals surface area contributed by atoms with Gasteiger partial charge < -0.3 is 15.7 Å². The van der Waals surface area contributed by atoms with Crippen molar-refractivity contribution in [2.45, 2.75) is 6.42 Å². The predicted molar refractivity (Wildman–Crippen MR) is 75.5 cm³/mol. The van der Waals surface area contributed by atoms with Gasteiger partial charge in [0.1, 0.15) is 0 Å². The Labute approximate surface area is 126 Å². The molecule has 1 fully saturated rings. The molecule has 22 heavy (non-hydrogen) atoms. The normalized spacial score (nSPS) is 20.9. The van der Waals surface area contributed by atoms with Crippen LogP contribution in [0.15, 0.2) is 30.3 Å². The highest BCUT2D eigenvalue weighted by Gasteiger charge is 2.46. The van der Waals surface area contributed by atoms with Crippen LogP contribution in [0.3, 0.4) is 0 Å². The van der Waals surface area contributed by atoms with Gasteiger partial charge in [0.2, 0.25) is 17.6 Å². The molecule has 0 aliphatic carbocycles. The molecule has 0 unspecified atom stereocenters. The molecule has 2 amide bonds. The number of aliphatic carboxylic acids is 1. The summed E-state index contributed by atoms with van der Waals surface area (Å²) in [7, 11) is 0. The molecule has 7 heteroatoms. The van der Waals surface area contributed by atoms with Crippen molar-refractivity contribution in [3.8, 4) is 0 Å². The minimum absolute atomic E-state index is 0.0929. The maximum Gasteiger partial charge on any atom is 0.372 e. The third kappa shape index (κ3) is 3.30. The molecule has 1 aromatic rings. The van der Waals surface area contributed by atoms with E-state index in [2.05, 4.69) is 0 Å². The number of carboxylic acid groups (broad SMARTS) is 1. The number of benzene rings is 1. The summed E-state index contributed by atoms with van der Waals surface area (Å²) in [5.74, 6) is -5.45. The maximum absolute atomic E-state index is 12.4. The van der Waals surface area contributed by atoms with Gasteiger partial charge in [-0.3, -0.25) is 14.4 Å². The highest BCUT2D eigenvalue weighted by Crippen LogP contribution is 2.29. The second-order valence-electron chi connectivity index (χ2n) is 5.26. The number of hydrogen-bond donors (Lipinski definition) is 2. The van der Waals surface area contributed by atoms with Crippen LogP contribution >= 0.6 is 0 Å². The SMILES string of the molecule is NC(=O)CN1C[C@H](C(=O)C(=O)O)[C@@H](Cc2ccccc2)C1=O. The molecule has 2 atom stereocenters. The van der Waals surface area contributed by atoms with E-state index < -0.39 is 35.4 Å². The van der Waals surface area contributed by atoms with Crippen LogP contribution in [-0.2, 0) is 25.6 Å². The summed E-state index contributed by atoms with van der Waals surface area (Å²) in [6.07, 6.45) is 0.249. The fourth-order valence-electron chi connectivity index (χ4n) is 2.71. The van der Waals surface area contributed by atoms with Crippen molar-refractivity contribution in [2.24, 2.45) is 17.6 Å². The molecule has 3 N–H and O–H groups in total. The van der Waals surface area contributed by atoms with Gasteiger partial charge >= 0.3 is 5.97 Å². The lowest BCUT2D eigenvalue weighted by Gasteiger charge is -2.14. The highest BCUT2D eigenvalue weighted by molar-refractivity contribution is 6.34. The molecule has 1 saturated heterocycles. The molecule has 2 rings (SSSR count). The number of ketones is 1. The molecule has 0 bridgehead atoms. The van der Waals surface area contributed by atoms with Crippen molar-refractivity contribution in [2.75, 3.05) is 13.1 Å². The number of hydrogen-bond acceptors (Lipinski definition) is 4. The van der Waals surface area contributed by atoms with Crippen LogP contribution < -0.4 is 5.73 Å². The van der Waals surface area contributed by atoms with Crippen molar-refractivity contribution in [3.63, 3.8) is 0 Å². The lowest BCUT2D eigenvalue weighted by Crippen LogP contribution is -2.36. The van der Waals surface area contributed by atoms with Gasteiger partial charge in [-0.2, -0.15) is 0 Å². The molecule has 1 aliphatic heterocycles. The monoisotopic (exact) mass is 304 g/mol. The van der Waals surface area contributed by atoms with Gasteiger partial charge in [-0.1, -0.05) is 30.3 Å². The smallest absolute Gasteiger partial charge is 0.372 e. The zero-order chi connectivity index (χ0) is 16.3. The zero-order valence-electron chi connectivity index (χ0n) is 11.8. The molecule has 116 valence electrons. The van der Waals surface area contributed by atoms with Crippen molar-refractivity contribution < 1.29 is 24.3 Å². The summed E-state index contributed by atoms with van der Waals surface area (Å²) in [6, 6.07) is 9.01. The largest absolute Gasteiger partial charge is 0.475 e. The van der Waals surface area contributed by atoms with Crippen LogP contribution in [0.25, 0.3) is 0 Å². The first-order valence-electron chi connectivity index (χ1n) is 6.78. The number of rotatable bonds is 6. The minimum atomic E-state index is -1.57. The summed E-state index contributed by atoms with van der Waals surface area (Å²) in [6.45, 7) is -0.405. The van der Waals surface area contributed by atoms with Crippen LogP contribution in [-0.4, -0.2) is 46.7 Å². The van der Waals surface area contributed by atoms with E-state index in [1.165, 1.54) is 0 Å². The van der Waals surface area contributed by atoms with Crippen molar-refractivity contribution in [1.82, 2.24) is 4.90 Å². The van der Waals surface area contributed by atoms with E-state index in [0.717, 1.165) is 10.5 Å². The number of nitrogens with zero attached hydrogens (tertiary/aromatic N) is 1. The Morgan fingerprint density at radius 2 is 1.86 bits per heavy atom. The summed E-state index contributed by atoms with van der Waals surface area (Å²) < 4.78 is 0. The van der Waals surface area contributed by atoms with Crippen LogP contribution in [0, 0.1) is 11.8 Å². The molecule has 7 nitrogen and oxygen atoms in total. The summed E-state index contributed by atoms with van der Waals surface area (Å²) in [5.41, 5.74) is 5.90. The van der Waals surface area contributed by atoms with Gasteiger partial charge in [0, 0.05) is 6.54 Å². The minimum Gasteiger partial charge on any atom is -0.475 e. The molecule has 1 heterocycles. The Balaban J connectivity index is 2.24. The number of carbonyl (C=O) groups excluding carboxylic acids is 3. The van der Waals surface area contributed by atoms with Crippen LogP contribution in [0.4, 0.5) is 0 Å². The molecular formula is C15H16N2O5.